The molecule has 0 saturated carbocycles. The number of ether oxygens (including phenoxy) is 1. The molecule has 31 heavy (non-hydrogen) atoms. The molecule has 0 bridgehead atoms. The minimum absolute atomic E-state index is 0.0213. The van der Waals surface area contributed by atoms with Gasteiger partial charge in [-0.15, -0.1) is 0 Å². The van der Waals surface area contributed by atoms with Crippen molar-refractivity contribution >= 4 is 17.5 Å². The normalized spacial score (nSPS) is 17.0. The molecule has 1 atom stereocenters. The summed E-state index contributed by atoms with van der Waals surface area (Å²) in [6.07, 6.45) is 3.86. The van der Waals surface area contributed by atoms with E-state index in [0.717, 1.165) is 51.3 Å². The van der Waals surface area contributed by atoms with Gasteiger partial charge in [0.25, 0.3) is 5.91 Å². The number of likely N-dealkylation sites (N-methyl/N-ethyl adjacent to an activating group) is 1. The highest BCUT2D eigenvalue weighted by Gasteiger charge is 2.25. The Morgan fingerprint density at radius 2 is 2.06 bits per heavy atom. The van der Waals surface area contributed by atoms with Crippen molar-refractivity contribution in [2.24, 2.45) is 5.92 Å². The number of para-hydroxylation sites is 1. The maximum atomic E-state index is 13.2. The van der Waals surface area contributed by atoms with E-state index in [9.17, 15) is 4.79 Å². The molecular formula is C24H33ClN4O2. The second-order valence-corrected chi connectivity index (χ2v) is 8.86. The first-order chi connectivity index (χ1) is 15.0. The van der Waals surface area contributed by atoms with Crippen LogP contribution in [0.15, 0.2) is 42.6 Å². The monoisotopic (exact) mass is 444 g/mol. The summed E-state index contributed by atoms with van der Waals surface area (Å²) in [6, 6.07) is 11.6. The molecule has 0 radical (unpaired) electrons. The molecule has 6 nitrogen and oxygen atoms in total. The van der Waals surface area contributed by atoms with Gasteiger partial charge in [0.2, 0.25) is 0 Å². The lowest BCUT2D eigenvalue weighted by atomic mass is 9.96. The standard InChI is InChI=1S/C24H33ClN4O2/c1-27(2)13-14-29(24(30)20-10-11-26-23(25)15-20)17-19-7-6-12-28(16-19)18-21-8-4-5-9-22(21)31-3/h4-5,8-11,15,19H,6-7,12-14,16-18H2,1-3H3/t19-/m0/s1. The minimum atomic E-state index is 0.0213. The maximum absolute atomic E-state index is 13.2. The Bertz CT molecular complexity index is 861. The third kappa shape index (κ3) is 6.92. The van der Waals surface area contributed by atoms with Gasteiger partial charge in [-0.25, -0.2) is 4.98 Å². The summed E-state index contributed by atoms with van der Waals surface area (Å²) in [5.41, 5.74) is 1.80. The Balaban J connectivity index is 1.67. The van der Waals surface area contributed by atoms with Crippen LogP contribution in [0.1, 0.15) is 28.8 Å². The largest absolute Gasteiger partial charge is 0.496 e. The molecule has 0 unspecified atom stereocenters. The van der Waals surface area contributed by atoms with Gasteiger partial charge in [0, 0.05) is 50.0 Å². The number of benzene rings is 1. The summed E-state index contributed by atoms with van der Waals surface area (Å²) in [5.74, 6) is 1.39. The topological polar surface area (TPSA) is 48.9 Å². The van der Waals surface area contributed by atoms with Crippen LogP contribution in [0.5, 0.6) is 5.75 Å². The van der Waals surface area contributed by atoms with Crippen LogP contribution in [-0.4, -0.2) is 79.5 Å². The minimum Gasteiger partial charge on any atom is -0.496 e. The molecule has 168 valence electrons. The van der Waals surface area contributed by atoms with Crippen LogP contribution in [0.25, 0.3) is 0 Å². The number of aromatic nitrogens is 1. The highest BCUT2D eigenvalue weighted by Crippen LogP contribution is 2.24. The van der Waals surface area contributed by atoms with Crippen LogP contribution in [0.2, 0.25) is 5.15 Å². The average molecular weight is 445 g/mol. The first kappa shape index (κ1) is 23.5. The van der Waals surface area contributed by atoms with E-state index in [4.69, 9.17) is 16.3 Å². The fourth-order valence-corrected chi connectivity index (χ4v) is 4.32. The smallest absolute Gasteiger partial charge is 0.254 e. The van der Waals surface area contributed by atoms with Crippen molar-refractivity contribution in [2.75, 3.05) is 53.9 Å². The number of carbonyl (C=O) groups excluding carboxylic acids is 1. The number of hydrogen-bond donors (Lipinski definition) is 0. The molecule has 0 spiro atoms. The quantitative estimate of drug-likeness (QED) is 0.552. The van der Waals surface area contributed by atoms with E-state index in [2.05, 4.69) is 26.9 Å². The molecule has 1 saturated heterocycles. The number of methoxy groups -OCH3 is 1. The number of carbonyl (C=O) groups is 1. The molecule has 3 rings (SSSR count). The zero-order valence-corrected chi connectivity index (χ0v) is 19.5. The predicted octanol–water partition coefficient (Wildman–Crippen LogP) is 3.66. The van der Waals surface area contributed by atoms with Gasteiger partial charge in [-0.1, -0.05) is 29.8 Å². The average Bonchev–Trinajstić information content (AvgIpc) is 2.76. The number of halogens is 1. The van der Waals surface area contributed by atoms with Crippen LogP contribution in [0.3, 0.4) is 0 Å². The lowest BCUT2D eigenvalue weighted by molar-refractivity contribution is 0.0660. The van der Waals surface area contributed by atoms with Crippen molar-refractivity contribution in [2.45, 2.75) is 19.4 Å². The van der Waals surface area contributed by atoms with Crippen molar-refractivity contribution in [3.8, 4) is 5.75 Å². The molecule has 2 aromatic rings. The van der Waals surface area contributed by atoms with Gasteiger partial charge in [0.1, 0.15) is 10.9 Å². The highest BCUT2D eigenvalue weighted by atomic mass is 35.5. The van der Waals surface area contributed by atoms with Crippen LogP contribution < -0.4 is 4.74 Å². The fourth-order valence-electron chi connectivity index (χ4n) is 4.14. The first-order valence-electron chi connectivity index (χ1n) is 10.9. The Morgan fingerprint density at radius 1 is 1.26 bits per heavy atom. The zero-order valence-electron chi connectivity index (χ0n) is 18.8. The van der Waals surface area contributed by atoms with Gasteiger partial charge in [0.15, 0.2) is 0 Å². The van der Waals surface area contributed by atoms with Crippen molar-refractivity contribution in [1.82, 2.24) is 19.7 Å². The number of piperidine rings is 1. The second kappa shape index (κ2) is 11.5. The van der Waals surface area contributed by atoms with Gasteiger partial charge in [-0.2, -0.15) is 0 Å². The maximum Gasteiger partial charge on any atom is 0.254 e. The van der Waals surface area contributed by atoms with E-state index in [1.807, 2.05) is 31.1 Å². The van der Waals surface area contributed by atoms with Gasteiger partial charge < -0.3 is 14.5 Å². The van der Waals surface area contributed by atoms with Crippen molar-refractivity contribution in [1.29, 1.82) is 0 Å². The number of rotatable bonds is 9. The molecule has 7 heteroatoms. The van der Waals surface area contributed by atoms with E-state index < -0.39 is 0 Å². The summed E-state index contributed by atoms with van der Waals surface area (Å²) in [5, 5.41) is 0.346. The van der Waals surface area contributed by atoms with Gasteiger partial charge in [-0.05, 0) is 57.6 Å². The Hall–Kier alpha value is -2.15. The third-order valence-corrected chi connectivity index (χ3v) is 5.95. The lowest BCUT2D eigenvalue weighted by Gasteiger charge is -2.36. The van der Waals surface area contributed by atoms with Crippen molar-refractivity contribution < 1.29 is 9.53 Å². The number of nitrogens with zero attached hydrogens (tertiary/aromatic N) is 4. The fraction of sp³-hybridized carbons (Fsp3) is 0.500. The molecule has 1 fully saturated rings. The van der Waals surface area contributed by atoms with Gasteiger partial charge in [-0.3, -0.25) is 9.69 Å². The lowest BCUT2D eigenvalue weighted by Crippen LogP contribution is -2.44. The molecule has 1 amide bonds. The van der Waals surface area contributed by atoms with Crippen LogP contribution in [0.4, 0.5) is 0 Å². The van der Waals surface area contributed by atoms with E-state index in [1.54, 1.807) is 25.4 Å². The third-order valence-electron chi connectivity index (χ3n) is 5.75. The van der Waals surface area contributed by atoms with Crippen LogP contribution >= 0.6 is 11.6 Å². The predicted molar refractivity (Wildman–Crippen MR) is 125 cm³/mol. The second-order valence-electron chi connectivity index (χ2n) is 8.48. The van der Waals surface area contributed by atoms with Crippen LogP contribution in [-0.2, 0) is 6.54 Å². The Labute approximate surface area is 190 Å². The van der Waals surface area contributed by atoms with Crippen molar-refractivity contribution in [3.05, 3.63) is 58.9 Å². The van der Waals surface area contributed by atoms with Crippen molar-refractivity contribution in [3.63, 3.8) is 0 Å². The zero-order chi connectivity index (χ0) is 22.2. The SMILES string of the molecule is COc1ccccc1CN1CCC[C@H](CN(CCN(C)C)C(=O)c2ccnc(Cl)c2)C1. The molecule has 1 aromatic heterocycles. The molecule has 1 aliphatic rings. The van der Waals surface area contributed by atoms with E-state index >= 15 is 0 Å². The number of likely N-dealkylation sites (tertiary alicyclic amines) is 1. The number of hydrogen-bond acceptors (Lipinski definition) is 5. The number of pyridine rings is 1. The summed E-state index contributed by atoms with van der Waals surface area (Å²) in [6.45, 7) is 5.17. The molecule has 1 aliphatic heterocycles. The number of amides is 1. The molecule has 1 aromatic carbocycles. The summed E-state index contributed by atoms with van der Waals surface area (Å²) < 4.78 is 5.52. The van der Waals surface area contributed by atoms with Gasteiger partial charge >= 0.3 is 0 Å². The van der Waals surface area contributed by atoms with Crippen LogP contribution in [0, 0.1) is 5.92 Å². The molecule has 0 N–H and O–H groups in total. The van der Waals surface area contributed by atoms with E-state index in [-0.39, 0.29) is 5.91 Å². The van der Waals surface area contributed by atoms with E-state index in [0.29, 0.717) is 23.2 Å². The summed E-state index contributed by atoms with van der Waals surface area (Å²) >= 11 is 6.03. The molecule has 0 aliphatic carbocycles. The molecular weight excluding hydrogens is 412 g/mol. The Morgan fingerprint density at radius 3 is 2.81 bits per heavy atom. The summed E-state index contributed by atoms with van der Waals surface area (Å²) in [4.78, 5) is 23.8. The van der Waals surface area contributed by atoms with Gasteiger partial charge in [0.05, 0.1) is 7.11 Å². The highest BCUT2D eigenvalue weighted by molar-refractivity contribution is 6.29. The summed E-state index contributed by atoms with van der Waals surface area (Å²) in [7, 11) is 5.78. The van der Waals surface area contributed by atoms with E-state index in [1.165, 1.54) is 5.56 Å². The Kier molecular flexibility index (Phi) is 8.69. The first-order valence-corrected chi connectivity index (χ1v) is 11.2. The molecule has 2 heterocycles.